The van der Waals surface area contributed by atoms with Crippen LogP contribution in [0.2, 0.25) is 0 Å². The van der Waals surface area contributed by atoms with E-state index in [1.165, 1.54) is 7.11 Å². The molecule has 1 aliphatic heterocycles. The van der Waals surface area contributed by atoms with Crippen LogP contribution in [0.4, 0.5) is 0 Å². The van der Waals surface area contributed by atoms with E-state index in [1.54, 1.807) is 0 Å². The summed E-state index contributed by atoms with van der Waals surface area (Å²) in [5.41, 5.74) is 0. The molecular formula is C6H11NO3S. The van der Waals surface area contributed by atoms with Gasteiger partial charge in [-0.2, -0.15) is 0 Å². The highest BCUT2D eigenvalue weighted by molar-refractivity contribution is 7.91. The van der Waals surface area contributed by atoms with Crippen LogP contribution in [0, 0.1) is 11.3 Å². The van der Waals surface area contributed by atoms with Crippen LogP contribution in [0.3, 0.4) is 0 Å². The van der Waals surface area contributed by atoms with Crippen molar-refractivity contribution in [2.45, 2.75) is 6.42 Å². The van der Waals surface area contributed by atoms with Gasteiger partial charge in [-0.1, -0.05) is 0 Å². The van der Waals surface area contributed by atoms with Crippen molar-refractivity contribution in [2.75, 3.05) is 18.6 Å². The van der Waals surface area contributed by atoms with Gasteiger partial charge in [0.2, 0.25) is 0 Å². The molecular weight excluding hydrogens is 166 g/mol. The number of hydrogen-bond donors (Lipinski definition) is 1. The number of methoxy groups -OCH3 is 1. The van der Waals surface area contributed by atoms with Crippen LogP contribution in [0.15, 0.2) is 0 Å². The first kappa shape index (κ1) is 8.52. The first-order chi connectivity index (χ1) is 5.05. The normalized spacial score (nSPS) is 28.3. The quantitative estimate of drug-likeness (QED) is 0.454. The first-order valence-corrected chi connectivity index (χ1v) is 5.20. The third-order valence-electron chi connectivity index (χ3n) is 1.82. The smallest absolute Gasteiger partial charge is 0.184 e. The van der Waals surface area contributed by atoms with Crippen molar-refractivity contribution < 1.29 is 13.2 Å². The van der Waals surface area contributed by atoms with Gasteiger partial charge >= 0.3 is 0 Å². The maximum atomic E-state index is 10.9. The lowest BCUT2D eigenvalue weighted by molar-refractivity contribution is 0.367. The second-order valence-corrected chi connectivity index (χ2v) is 4.90. The number of hydrogen-bond acceptors (Lipinski definition) is 4. The van der Waals surface area contributed by atoms with E-state index < -0.39 is 9.84 Å². The summed E-state index contributed by atoms with van der Waals surface area (Å²) in [5, 5.41) is 7.22. The average Bonchev–Trinajstić information content (AvgIpc) is 2.29. The minimum atomic E-state index is -2.87. The zero-order chi connectivity index (χ0) is 8.48. The lowest BCUT2D eigenvalue weighted by Crippen LogP contribution is -2.16. The largest absolute Gasteiger partial charge is 0.484 e. The van der Waals surface area contributed by atoms with Crippen molar-refractivity contribution in [3.05, 3.63) is 0 Å². The molecule has 0 aromatic rings. The molecule has 0 bridgehead atoms. The second kappa shape index (κ2) is 2.81. The molecule has 0 saturated carbocycles. The number of sulfone groups is 1. The minimum Gasteiger partial charge on any atom is -0.484 e. The van der Waals surface area contributed by atoms with Crippen LogP contribution in [0.5, 0.6) is 0 Å². The van der Waals surface area contributed by atoms with E-state index in [2.05, 4.69) is 4.74 Å². The molecule has 1 N–H and O–H groups in total. The van der Waals surface area contributed by atoms with Gasteiger partial charge in [-0.25, -0.2) is 8.42 Å². The molecule has 0 aromatic heterocycles. The molecule has 1 fully saturated rings. The monoisotopic (exact) mass is 177 g/mol. The third kappa shape index (κ3) is 1.92. The fraction of sp³-hybridized carbons (Fsp3) is 0.833. The lowest BCUT2D eigenvalue weighted by Gasteiger charge is -2.06. The van der Waals surface area contributed by atoms with E-state index >= 15 is 0 Å². The van der Waals surface area contributed by atoms with Gasteiger partial charge in [0.25, 0.3) is 0 Å². The molecule has 1 atom stereocenters. The van der Waals surface area contributed by atoms with Crippen molar-refractivity contribution >= 4 is 15.7 Å². The van der Waals surface area contributed by atoms with Crippen LogP contribution in [0.1, 0.15) is 6.42 Å². The van der Waals surface area contributed by atoms with Crippen LogP contribution in [0.25, 0.3) is 0 Å². The molecule has 11 heavy (non-hydrogen) atoms. The predicted octanol–water partition coefficient (Wildman–Crippen LogP) is 0.0448. The third-order valence-corrected chi connectivity index (χ3v) is 3.59. The van der Waals surface area contributed by atoms with E-state index in [4.69, 9.17) is 5.41 Å². The highest BCUT2D eigenvalue weighted by Crippen LogP contribution is 2.19. The zero-order valence-electron chi connectivity index (χ0n) is 6.33. The highest BCUT2D eigenvalue weighted by Gasteiger charge is 2.31. The van der Waals surface area contributed by atoms with Crippen LogP contribution >= 0.6 is 0 Å². The maximum absolute atomic E-state index is 10.9. The van der Waals surface area contributed by atoms with Gasteiger partial charge < -0.3 is 4.74 Å². The van der Waals surface area contributed by atoms with Gasteiger partial charge in [-0.3, -0.25) is 5.41 Å². The molecule has 5 heteroatoms. The standard InChI is InChI=1S/C6H11NO3S/c1-10-6(7)5-2-3-11(8,9)4-5/h5,7H,2-4H2,1H3. The second-order valence-electron chi connectivity index (χ2n) is 2.67. The van der Waals surface area contributed by atoms with E-state index in [1.807, 2.05) is 0 Å². The van der Waals surface area contributed by atoms with Crippen molar-refractivity contribution in [1.82, 2.24) is 0 Å². The molecule has 1 unspecified atom stereocenters. The van der Waals surface area contributed by atoms with Crippen LogP contribution < -0.4 is 0 Å². The Balaban J connectivity index is 2.62. The van der Waals surface area contributed by atoms with E-state index in [0.717, 1.165) is 0 Å². The highest BCUT2D eigenvalue weighted by atomic mass is 32.2. The maximum Gasteiger partial charge on any atom is 0.184 e. The molecule has 0 spiro atoms. The van der Waals surface area contributed by atoms with E-state index in [-0.39, 0.29) is 23.3 Å². The molecule has 1 heterocycles. The van der Waals surface area contributed by atoms with E-state index in [9.17, 15) is 8.42 Å². The molecule has 0 aromatic carbocycles. The van der Waals surface area contributed by atoms with Gasteiger partial charge in [0, 0.05) is 5.92 Å². The molecule has 0 radical (unpaired) electrons. The summed E-state index contributed by atoms with van der Waals surface area (Å²) in [6, 6.07) is 0. The average molecular weight is 177 g/mol. The summed E-state index contributed by atoms with van der Waals surface area (Å²) in [6.07, 6.45) is 0.537. The Bertz CT molecular complexity index is 257. The Labute approximate surface area is 66.0 Å². The molecule has 4 nitrogen and oxygen atoms in total. The lowest BCUT2D eigenvalue weighted by atomic mass is 10.1. The summed E-state index contributed by atoms with van der Waals surface area (Å²) < 4.78 is 26.5. The molecule has 0 aliphatic carbocycles. The number of ether oxygens (including phenoxy) is 1. The summed E-state index contributed by atoms with van der Waals surface area (Å²) in [5.74, 6) is 0.166. The van der Waals surface area contributed by atoms with Gasteiger partial charge in [0.15, 0.2) is 15.7 Å². The topological polar surface area (TPSA) is 67.2 Å². The summed E-state index contributed by atoms with van der Waals surface area (Å²) in [4.78, 5) is 0. The van der Waals surface area contributed by atoms with Gasteiger partial charge in [0.05, 0.1) is 18.6 Å². The fourth-order valence-corrected chi connectivity index (χ4v) is 2.91. The SMILES string of the molecule is COC(=N)C1CCS(=O)(=O)C1. The van der Waals surface area contributed by atoms with E-state index in [0.29, 0.717) is 6.42 Å². The van der Waals surface area contributed by atoms with Crippen molar-refractivity contribution in [2.24, 2.45) is 5.92 Å². The Kier molecular flexibility index (Phi) is 2.17. The van der Waals surface area contributed by atoms with Crippen LogP contribution in [-0.2, 0) is 14.6 Å². The van der Waals surface area contributed by atoms with Crippen LogP contribution in [-0.4, -0.2) is 32.9 Å². The summed E-state index contributed by atoms with van der Waals surface area (Å²) in [7, 11) is -1.48. The number of rotatable bonds is 1. The first-order valence-electron chi connectivity index (χ1n) is 3.38. The Morgan fingerprint density at radius 1 is 1.64 bits per heavy atom. The van der Waals surface area contributed by atoms with Crippen molar-refractivity contribution in [3.63, 3.8) is 0 Å². The molecule has 64 valence electrons. The zero-order valence-corrected chi connectivity index (χ0v) is 7.15. The summed E-state index contributed by atoms with van der Waals surface area (Å²) in [6.45, 7) is 0. The Hall–Kier alpha value is -0.580. The molecule has 1 aliphatic rings. The van der Waals surface area contributed by atoms with Gasteiger partial charge in [-0.05, 0) is 6.42 Å². The Morgan fingerprint density at radius 2 is 2.27 bits per heavy atom. The molecule has 0 amide bonds. The predicted molar refractivity (Wildman–Crippen MR) is 41.5 cm³/mol. The number of nitrogens with one attached hydrogen (secondary N) is 1. The van der Waals surface area contributed by atoms with Crippen molar-refractivity contribution in [1.29, 1.82) is 5.41 Å². The fourth-order valence-electron chi connectivity index (χ4n) is 1.17. The summed E-state index contributed by atoms with van der Waals surface area (Å²) >= 11 is 0. The van der Waals surface area contributed by atoms with Gasteiger partial charge in [0.1, 0.15) is 0 Å². The Morgan fingerprint density at radius 3 is 2.64 bits per heavy atom. The van der Waals surface area contributed by atoms with Crippen molar-refractivity contribution in [3.8, 4) is 0 Å². The molecule has 1 saturated heterocycles. The molecule has 1 rings (SSSR count). The minimum absolute atomic E-state index is 0.0830. The van der Waals surface area contributed by atoms with Gasteiger partial charge in [-0.15, -0.1) is 0 Å².